The summed E-state index contributed by atoms with van der Waals surface area (Å²) in [4.78, 5) is 21.5. The third kappa shape index (κ3) is 3.86. The minimum atomic E-state index is -4.41. The van der Waals surface area contributed by atoms with E-state index in [9.17, 15) is 18.0 Å². The third-order valence-corrected chi connectivity index (χ3v) is 5.47. The predicted molar refractivity (Wildman–Crippen MR) is 111 cm³/mol. The fraction of sp³-hybridized carbons (Fsp3) is 0.0909. The second-order valence-electron chi connectivity index (χ2n) is 6.49. The molecule has 0 saturated heterocycles. The van der Waals surface area contributed by atoms with Crippen LogP contribution in [0.3, 0.4) is 0 Å². The lowest BCUT2D eigenvalue weighted by atomic mass is 10.0. The Balaban J connectivity index is 1.74. The van der Waals surface area contributed by atoms with Crippen LogP contribution < -0.4 is 5.56 Å². The molecule has 0 saturated carbocycles. The summed E-state index contributed by atoms with van der Waals surface area (Å²) in [6.07, 6.45) is -1.40. The molecule has 2 aromatic carbocycles. The number of nitrogens with zero attached hydrogens (tertiary/aromatic N) is 1. The third-order valence-electron chi connectivity index (χ3n) is 4.47. The zero-order chi connectivity index (χ0) is 20.6. The lowest BCUT2D eigenvalue weighted by molar-refractivity contribution is -0.137. The molecule has 0 aliphatic rings. The Kier molecular flexibility index (Phi) is 4.84. The number of hydrogen-bond donors (Lipinski definition) is 1. The molecule has 0 bridgehead atoms. The van der Waals surface area contributed by atoms with Crippen LogP contribution in [-0.4, -0.2) is 9.97 Å². The van der Waals surface area contributed by atoms with E-state index >= 15 is 0 Å². The molecule has 0 aliphatic carbocycles. The summed E-state index contributed by atoms with van der Waals surface area (Å²) in [6, 6.07) is 14.6. The Bertz CT molecular complexity index is 1270. The van der Waals surface area contributed by atoms with Crippen LogP contribution in [0.25, 0.3) is 33.5 Å². The van der Waals surface area contributed by atoms with E-state index in [1.807, 2.05) is 37.3 Å². The highest BCUT2D eigenvalue weighted by Gasteiger charge is 2.30. The number of aromatic amines is 1. The fourth-order valence-corrected chi connectivity index (χ4v) is 4.21. The van der Waals surface area contributed by atoms with Crippen LogP contribution in [0.2, 0.25) is 0 Å². The maximum Gasteiger partial charge on any atom is 0.416 e. The maximum atomic E-state index is 12.9. The molecular formula is C22H15F3N2OS. The number of hydrogen-bond acceptors (Lipinski definition) is 3. The van der Waals surface area contributed by atoms with E-state index in [2.05, 4.69) is 9.97 Å². The number of aromatic nitrogens is 2. The van der Waals surface area contributed by atoms with Crippen molar-refractivity contribution < 1.29 is 13.2 Å². The zero-order valence-corrected chi connectivity index (χ0v) is 16.1. The molecule has 4 rings (SSSR count). The number of halogens is 3. The van der Waals surface area contributed by atoms with Gasteiger partial charge in [0.05, 0.1) is 10.9 Å². The lowest BCUT2D eigenvalue weighted by Crippen LogP contribution is -2.09. The zero-order valence-electron chi connectivity index (χ0n) is 15.2. The van der Waals surface area contributed by atoms with Gasteiger partial charge >= 0.3 is 6.18 Å². The van der Waals surface area contributed by atoms with E-state index in [4.69, 9.17) is 0 Å². The molecule has 146 valence electrons. The predicted octanol–water partition coefficient (Wildman–Crippen LogP) is 6.15. The highest BCUT2D eigenvalue weighted by Crippen LogP contribution is 2.35. The summed E-state index contributed by atoms with van der Waals surface area (Å²) in [5.41, 5.74) is 1.17. The number of nitrogens with one attached hydrogen (secondary N) is 1. The topological polar surface area (TPSA) is 45.8 Å². The number of rotatable bonds is 3. The van der Waals surface area contributed by atoms with Gasteiger partial charge in [0.2, 0.25) is 0 Å². The quantitative estimate of drug-likeness (QED) is 0.439. The molecule has 7 heteroatoms. The second-order valence-corrected chi connectivity index (χ2v) is 7.69. The summed E-state index contributed by atoms with van der Waals surface area (Å²) < 4.78 is 38.6. The van der Waals surface area contributed by atoms with Gasteiger partial charge in [-0.05, 0) is 36.3 Å². The van der Waals surface area contributed by atoms with Gasteiger partial charge in [0.15, 0.2) is 0 Å². The van der Waals surface area contributed by atoms with Gasteiger partial charge in [-0.1, -0.05) is 48.5 Å². The van der Waals surface area contributed by atoms with Crippen molar-refractivity contribution >= 4 is 33.7 Å². The van der Waals surface area contributed by atoms with Crippen LogP contribution in [0.1, 0.15) is 21.8 Å². The van der Waals surface area contributed by atoms with Crippen molar-refractivity contribution in [2.24, 2.45) is 0 Å². The first-order valence-corrected chi connectivity index (χ1v) is 9.59. The van der Waals surface area contributed by atoms with Crippen molar-refractivity contribution in [1.82, 2.24) is 9.97 Å². The van der Waals surface area contributed by atoms with Crippen LogP contribution in [-0.2, 0) is 6.18 Å². The van der Waals surface area contributed by atoms with Crippen LogP contribution in [0.15, 0.2) is 59.4 Å². The van der Waals surface area contributed by atoms with Gasteiger partial charge in [-0.25, -0.2) is 4.98 Å². The Hall–Kier alpha value is -3.19. The SMILES string of the molecule is Cc1sc2nc(/C=C/c3cccc(C(F)(F)F)c3)[nH]c(=O)c2c1-c1ccccc1. The Labute approximate surface area is 168 Å². The second kappa shape index (κ2) is 7.33. The Morgan fingerprint density at radius 1 is 1.03 bits per heavy atom. The number of alkyl halides is 3. The van der Waals surface area contributed by atoms with Gasteiger partial charge in [0.1, 0.15) is 10.7 Å². The summed E-state index contributed by atoms with van der Waals surface area (Å²) >= 11 is 1.42. The molecule has 2 heterocycles. The molecule has 1 N–H and O–H groups in total. The first-order chi connectivity index (χ1) is 13.8. The standard InChI is InChI=1S/C22H15F3N2OS/c1-13-18(15-7-3-2-4-8-15)19-20(28)26-17(27-21(19)29-13)11-10-14-6-5-9-16(12-14)22(23,24)25/h2-12H,1H3,(H,26,27,28)/b11-10+. The van der Waals surface area contributed by atoms with Gasteiger partial charge in [-0.3, -0.25) is 4.79 Å². The number of thiophene rings is 1. The molecule has 0 radical (unpaired) electrons. The molecule has 29 heavy (non-hydrogen) atoms. The van der Waals surface area contributed by atoms with E-state index in [-0.39, 0.29) is 5.56 Å². The van der Waals surface area contributed by atoms with E-state index < -0.39 is 11.7 Å². The van der Waals surface area contributed by atoms with Gasteiger partial charge in [0, 0.05) is 10.4 Å². The smallest absolute Gasteiger partial charge is 0.306 e. The summed E-state index contributed by atoms with van der Waals surface area (Å²) in [5.74, 6) is 0.292. The van der Waals surface area contributed by atoms with Crippen molar-refractivity contribution in [3.05, 3.63) is 86.8 Å². The average Bonchev–Trinajstić information content (AvgIpc) is 3.03. The van der Waals surface area contributed by atoms with Crippen molar-refractivity contribution in [2.75, 3.05) is 0 Å². The highest BCUT2D eigenvalue weighted by molar-refractivity contribution is 7.19. The first kappa shape index (κ1) is 19.1. The van der Waals surface area contributed by atoms with Crippen molar-refractivity contribution in [3.8, 4) is 11.1 Å². The van der Waals surface area contributed by atoms with E-state index in [0.29, 0.717) is 21.6 Å². The largest absolute Gasteiger partial charge is 0.416 e. The van der Waals surface area contributed by atoms with Gasteiger partial charge < -0.3 is 4.98 Å². The first-order valence-electron chi connectivity index (χ1n) is 8.77. The number of H-pyrrole nitrogens is 1. The van der Waals surface area contributed by atoms with Gasteiger partial charge in [-0.15, -0.1) is 11.3 Å². The lowest BCUT2D eigenvalue weighted by Gasteiger charge is -2.06. The van der Waals surface area contributed by atoms with Crippen LogP contribution in [0.5, 0.6) is 0 Å². The minimum absolute atomic E-state index is 0.276. The highest BCUT2D eigenvalue weighted by atomic mass is 32.1. The van der Waals surface area contributed by atoms with E-state index in [1.165, 1.54) is 29.6 Å². The van der Waals surface area contributed by atoms with Gasteiger partial charge in [-0.2, -0.15) is 13.2 Å². The number of aryl methyl sites for hydroxylation is 1. The Morgan fingerprint density at radius 2 is 1.79 bits per heavy atom. The number of benzene rings is 2. The molecule has 0 aliphatic heterocycles. The monoisotopic (exact) mass is 412 g/mol. The van der Waals surface area contributed by atoms with Crippen LogP contribution in [0, 0.1) is 6.92 Å². The van der Waals surface area contributed by atoms with Gasteiger partial charge in [0.25, 0.3) is 5.56 Å². The van der Waals surface area contributed by atoms with Crippen molar-refractivity contribution in [3.63, 3.8) is 0 Å². The molecule has 0 atom stereocenters. The summed E-state index contributed by atoms with van der Waals surface area (Å²) in [5, 5.41) is 0.523. The summed E-state index contributed by atoms with van der Waals surface area (Å²) in [6.45, 7) is 1.94. The molecule has 0 fully saturated rings. The molecular weight excluding hydrogens is 397 g/mol. The van der Waals surface area contributed by atoms with Crippen LogP contribution >= 0.6 is 11.3 Å². The molecule has 4 aromatic rings. The molecule has 0 amide bonds. The summed E-state index contributed by atoms with van der Waals surface area (Å²) in [7, 11) is 0. The molecule has 0 unspecified atom stereocenters. The van der Waals surface area contributed by atoms with E-state index in [1.54, 1.807) is 6.07 Å². The fourth-order valence-electron chi connectivity index (χ4n) is 3.16. The minimum Gasteiger partial charge on any atom is -0.306 e. The van der Waals surface area contributed by atoms with Crippen LogP contribution in [0.4, 0.5) is 13.2 Å². The number of fused-ring (bicyclic) bond motifs is 1. The molecule has 0 spiro atoms. The molecule has 3 nitrogen and oxygen atoms in total. The normalized spacial score (nSPS) is 12.1. The Morgan fingerprint density at radius 3 is 2.52 bits per heavy atom. The van der Waals surface area contributed by atoms with Crippen molar-refractivity contribution in [2.45, 2.75) is 13.1 Å². The maximum absolute atomic E-state index is 12.9. The average molecular weight is 412 g/mol. The van der Waals surface area contributed by atoms with E-state index in [0.717, 1.165) is 28.1 Å². The van der Waals surface area contributed by atoms with Crippen molar-refractivity contribution in [1.29, 1.82) is 0 Å². The molecule has 2 aromatic heterocycles.